The highest BCUT2D eigenvalue weighted by atomic mass is 35.5. The van der Waals surface area contributed by atoms with E-state index < -0.39 is 0 Å². The highest BCUT2D eigenvalue weighted by Gasteiger charge is 2.37. The first-order valence-corrected chi connectivity index (χ1v) is 6.64. The fraction of sp³-hybridized carbons (Fsp3) is 0.923. The van der Waals surface area contributed by atoms with E-state index >= 15 is 0 Å². The molecule has 1 heterocycles. The molecule has 0 spiro atoms. The van der Waals surface area contributed by atoms with E-state index in [1.54, 1.807) is 0 Å². The van der Waals surface area contributed by atoms with Crippen molar-refractivity contribution in [3.8, 4) is 0 Å². The number of nitrogens with one attached hydrogen (secondary N) is 2. The average Bonchev–Trinajstić information content (AvgIpc) is 2.66. The smallest absolute Gasteiger partial charge is 0.226 e. The van der Waals surface area contributed by atoms with Crippen LogP contribution in [0.2, 0.25) is 0 Å². The molecular formula is C13H25ClN2O. The van der Waals surface area contributed by atoms with Crippen molar-refractivity contribution in [2.24, 2.45) is 5.41 Å². The van der Waals surface area contributed by atoms with E-state index in [4.69, 9.17) is 0 Å². The zero-order valence-corrected chi connectivity index (χ0v) is 11.7. The summed E-state index contributed by atoms with van der Waals surface area (Å²) in [5.74, 6) is 0.295. The molecule has 0 aromatic carbocycles. The van der Waals surface area contributed by atoms with Gasteiger partial charge in [0.1, 0.15) is 0 Å². The summed E-state index contributed by atoms with van der Waals surface area (Å²) in [5, 5.41) is 6.67. The van der Waals surface area contributed by atoms with Crippen LogP contribution in [0.15, 0.2) is 0 Å². The molecule has 4 heteroatoms. The number of carbonyl (C=O) groups is 1. The maximum Gasteiger partial charge on any atom is 0.226 e. The molecule has 0 aromatic rings. The van der Waals surface area contributed by atoms with E-state index in [1.807, 2.05) is 0 Å². The second-order valence-electron chi connectivity index (χ2n) is 5.82. The van der Waals surface area contributed by atoms with Gasteiger partial charge in [-0.3, -0.25) is 4.79 Å². The van der Waals surface area contributed by atoms with Gasteiger partial charge >= 0.3 is 0 Å². The molecule has 1 amide bonds. The van der Waals surface area contributed by atoms with E-state index in [-0.39, 0.29) is 17.8 Å². The van der Waals surface area contributed by atoms with Crippen molar-refractivity contribution in [1.29, 1.82) is 0 Å². The normalized spacial score (nSPS) is 31.6. The molecule has 100 valence electrons. The van der Waals surface area contributed by atoms with Crippen LogP contribution >= 0.6 is 12.4 Å². The summed E-state index contributed by atoms with van der Waals surface area (Å²) in [7, 11) is 0. The van der Waals surface area contributed by atoms with Gasteiger partial charge in [0, 0.05) is 17.5 Å². The molecule has 2 aliphatic rings. The Morgan fingerprint density at radius 1 is 1.35 bits per heavy atom. The number of rotatable bonds is 2. The topological polar surface area (TPSA) is 41.1 Å². The molecule has 1 aliphatic heterocycles. The molecule has 0 bridgehead atoms. The minimum atomic E-state index is -0.0753. The summed E-state index contributed by atoms with van der Waals surface area (Å²) in [6.07, 6.45) is 6.71. The zero-order valence-electron chi connectivity index (χ0n) is 10.9. The summed E-state index contributed by atoms with van der Waals surface area (Å²) >= 11 is 0. The third-order valence-electron chi connectivity index (χ3n) is 4.21. The quantitative estimate of drug-likeness (QED) is 0.800. The number of hydrogen-bond donors (Lipinski definition) is 2. The minimum Gasteiger partial charge on any atom is -0.353 e. The van der Waals surface area contributed by atoms with Crippen LogP contribution < -0.4 is 10.6 Å². The van der Waals surface area contributed by atoms with Gasteiger partial charge in [-0.05, 0) is 39.2 Å². The lowest BCUT2D eigenvalue weighted by Crippen LogP contribution is -2.49. The van der Waals surface area contributed by atoms with Gasteiger partial charge in [0.2, 0.25) is 5.91 Å². The first kappa shape index (κ1) is 14.8. The van der Waals surface area contributed by atoms with Gasteiger partial charge < -0.3 is 10.6 Å². The Hall–Kier alpha value is -0.280. The van der Waals surface area contributed by atoms with Crippen molar-refractivity contribution in [3.05, 3.63) is 0 Å². The Kier molecular flexibility index (Phi) is 5.26. The summed E-state index contributed by atoms with van der Waals surface area (Å²) < 4.78 is 0. The van der Waals surface area contributed by atoms with Crippen LogP contribution in [0, 0.1) is 5.41 Å². The lowest BCUT2D eigenvalue weighted by Gasteiger charge is -2.32. The Morgan fingerprint density at radius 3 is 2.59 bits per heavy atom. The summed E-state index contributed by atoms with van der Waals surface area (Å²) in [6.45, 7) is 5.35. The van der Waals surface area contributed by atoms with Crippen molar-refractivity contribution >= 4 is 18.3 Å². The standard InChI is InChI=1S/C13H24N2O.ClH/c1-10-9-11(5-8-14-10)15-12(16)13(2)6-3-4-7-13;/h10-11,14H,3-9H2,1-2H3,(H,15,16);1H. The van der Waals surface area contributed by atoms with Crippen molar-refractivity contribution in [2.75, 3.05) is 6.54 Å². The molecule has 1 saturated heterocycles. The largest absolute Gasteiger partial charge is 0.353 e. The molecule has 2 unspecified atom stereocenters. The first-order valence-electron chi connectivity index (χ1n) is 6.64. The fourth-order valence-corrected chi connectivity index (χ4v) is 3.01. The van der Waals surface area contributed by atoms with E-state index in [9.17, 15) is 4.79 Å². The number of carbonyl (C=O) groups excluding carboxylic acids is 1. The van der Waals surface area contributed by atoms with Crippen LogP contribution in [0.3, 0.4) is 0 Å². The molecule has 3 nitrogen and oxygen atoms in total. The van der Waals surface area contributed by atoms with Crippen molar-refractivity contribution in [2.45, 2.75) is 64.5 Å². The Balaban J connectivity index is 0.00000144. The molecule has 1 aliphatic carbocycles. The first-order chi connectivity index (χ1) is 7.60. The monoisotopic (exact) mass is 260 g/mol. The van der Waals surface area contributed by atoms with Gasteiger partial charge in [-0.25, -0.2) is 0 Å². The van der Waals surface area contributed by atoms with Crippen LogP contribution in [-0.4, -0.2) is 24.5 Å². The van der Waals surface area contributed by atoms with E-state index in [2.05, 4.69) is 24.5 Å². The lowest BCUT2D eigenvalue weighted by atomic mass is 9.87. The molecule has 17 heavy (non-hydrogen) atoms. The fourth-order valence-electron chi connectivity index (χ4n) is 3.01. The van der Waals surface area contributed by atoms with Gasteiger partial charge in [-0.1, -0.05) is 19.8 Å². The van der Waals surface area contributed by atoms with E-state index in [1.165, 1.54) is 12.8 Å². The van der Waals surface area contributed by atoms with Crippen LogP contribution in [-0.2, 0) is 4.79 Å². The predicted octanol–water partition coefficient (Wildman–Crippen LogP) is 2.25. The average molecular weight is 261 g/mol. The van der Waals surface area contributed by atoms with Crippen LogP contribution in [0.4, 0.5) is 0 Å². The van der Waals surface area contributed by atoms with Gasteiger partial charge in [0.15, 0.2) is 0 Å². The molecule has 0 radical (unpaired) electrons. The highest BCUT2D eigenvalue weighted by molar-refractivity contribution is 5.85. The number of hydrogen-bond acceptors (Lipinski definition) is 2. The van der Waals surface area contributed by atoms with Crippen molar-refractivity contribution in [1.82, 2.24) is 10.6 Å². The second kappa shape index (κ2) is 6.05. The SMILES string of the molecule is CC1CC(NC(=O)C2(C)CCCC2)CCN1.Cl. The van der Waals surface area contributed by atoms with Crippen LogP contribution in [0.1, 0.15) is 52.4 Å². The molecule has 2 rings (SSSR count). The molecule has 1 saturated carbocycles. The number of halogens is 1. The number of amides is 1. The third-order valence-corrected chi connectivity index (χ3v) is 4.21. The lowest BCUT2D eigenvalue weighted by molar-refractivity contribution is -0.130. The number of piperidine rings is 1. The molecule has 2 N–H and O–H groups in total. The molecule has 2 fully saturated rings. The van der Waals surface area contributed by atoms with Crippen molar-refractivity contribution in [3.63, 3.8) is 0 Å². The Morgan fingerprint density at radius 2 is 2.00 bits per heavy atom. The molecular weight excluding hydrogens is 236 g/mol. The summed E-state index contributed by atoms with van der Waals surface area (Å²) in [5.41, 5.74) is -0.0753. The summed E-state index contributed by atoms with van der Waals surface area (Å²) in [4.78, 5) is 12.2. The zero-order chi connectivity index (χ0) is 11.6. The Labute approximate surface area is 111 Å². The Bertz CT molecular complexity index is 264. The van der Waals surface area contributed by atoms with Crippen LogP contribution in [0.5, 0.6) is 0 Å². The van der Waals surface area contributed by atoms with E-state index in [0.29, 0.717) is 18.0 Å². The minimum absolute atomic E-state index is 0. The predicted molar refractivity (Wildman–Crippen MR) is 72.5 cm³/mol. The molecule has 2 atom stereocenters. The van der Waals surface area contributed by atoms with Gasteiger partial charge in [0.05, 0.1) is 0 Å². The summed E-state index contributed by atoms with van der Waals surface area (Å²) in [6, 6.07) is 0.927. The van der Waals surface area contributed by atoms with Gasteiger partial charge in [0.25, 0.3) is 0 Å². The second-order valence-corrected chi connectivity index (χ2v) is 5.82. The third kappa shape index (κ3) is 3.59. The van der Waals surface area contributed by atoms with Gasteiger partial charge in [-0.15, -0.1) is 12.4 Å². The maximum atomic E-state index is 12.2. The maximum absolute atomic E-state index is 12.2. The van der Waals surface area contributed by atoms with Gasteiger partial charge in [-0.2, -0.15) is 0 Å². The highest BCUT2D eigenvalue weighted by Crippen LogP contribution is 2.37. The van der Waals surface area contributed by atoms with E-state index in [0.717, 1.165) is 32.2 Å². The molecule has 0 aromatic heterocycles. The van der Waals surface area contributed by atoms with Crippen molar-refractivity contribution < 1.29 is 4.79 Å². The van der Waals surface area contributed by atoms with Crippen LogP contribution in [0.25, 0.3) is 0 Å².